The highest BCUT2D eigenvalue weighted by Gasteiger charge is 2.31. The van der Waals surface area contributed by atoms with Crippen LogP contribution >= 0.6 is 23.2 Å². The molecule has 2 aliphatic heterocycles. The Labute approximate surface area is 252 Å². The molecule has 3 aromatic rings. The fourth-order valence-electron chi connectivity index (χ4n) is 5.34. The number of carboxylic acid groups (broad SMARTS) is 1. The van der Waals surface area contributed by atoms with Crippen molar-refractivity contribution in [1.29, 1.82) is 0 Å². The molecule has 14 heteroatoms. The van der Waals surface area contributed by atoms with Gasteiger partial charge in [-0.05, 0) is 54.2 Å². The quantitative estimate of drug-likeness (QED) is 0.233. The number of nitrogens with one attached hydrogen (secondary N) is 2. The molecule has 1 saturated heterocycles. The summed E-state index contributed by atoms with van der Waals surface area (Å²) in [6.45, 7) is 4.21. The summed E-state index contributed by atoms with van der Waals surface area (Å²) in [7, 11) is 0. The molecule has 0 aliphatic carbocycles. The van der Waals surface area contributed by atoms with E-state index in [-0.39, 0.29) is 41.3 Å². The predicted molar refractivity (Wildman–Crippen MR) is 159 cm³/mol. The molecule has 0 saturated carbocycles. The maximum Gasteiger partial charge on any atom is 0.328 e. The van der Waals surface area contributed by atoms with Crippen LogP contribution in [0.4, 0.5) is 0 Å². The van der Waals surface area contributed by atoms with Crippen LogP contribution in [0.2, 0.25) is 10.0 Å². The highest BCUT2D eigenvalue weighted by atomic mass is 35.5. The van der Waals surface area contributed by atoms with Gasteiger partial charge in [-0.3, -0.25) is 9.59 Å². The van der Waals surface area contributed by atoms with Crippen molar-refractivity contribution in [3.8, 4) is 0 Å². The maximum atomic E-state index is 13.3. The Balaban J connectivity index is 1.29. The number of aliphatic imine (C=N–C) groups is 1. The number of guanidine groups is 1. The van der Waals surface area contributed by atoms with Gasteiger partial charge in [0.1, 0.15) is 6.04 Å². The molecule has 5 N–H and O–H groups in total. The number of nitrogens with zero attached hydrogens (tertiary/aromatic N) is 5. The van der Waals surface area contributed by atoms with Gasteiger partial charge in [-0.25, -0.2) is 14.3 Å². The van der Waals surface area contributed by atoms with E-state index >= 15 is 0 Å². The molecule has 222 valence electrons. The van der Waals surface area contributed by atoms with Crippen molar-refractivity contribution in [2.24, 2.45) is 16.6 Å². The molecule has 42 heavy (non-hydrogen) atoms. The van der Waals surface area contributed by atoms with Crippen LogP contribution in [0.5, 0.6) is 0 Å². The zero-order valence-corrected chi connectivity index (χ0v) is 24.5. The molecular formula is C28H32Cl2N8O4. The first-order valence-electron chi connectivity index (χ1n) is 13.7. The van der Waals surface area contributed by atoms with Crippen molar-refractivity contribution in [3.63, 3.8) is 0 Å². The summed E-state index contributed by atoms with van der Waals surface area (Å²) in [4.78, 5) is 46.5. The van der Waals surface area contributed by atoms with Gasteiger partial charge in [0.15, 0.2) is 11.7 Å². The molecule has 1 aromatic carbocycles. The van der Waals surface area contributed by atoms with E-state index in [0.29, 0.717) is 41.7 Å². The number of amides is 2. The van der Waals surface area contributed by atoms with Crippen molar-refractivity contribution in [2.75, 3.05) is 32.8 Å². The number of fused-ring (bicyclic) bond motifs is 2. The third-order valence-electron chi connectivity index (χ3n) is 7.54. The number of nitrogens with two attached hydrogens (primary N) is 1. The molecule has 1 fully saturated rings. The lowest BCUT2D eigenvalue weighted by atomic mass is 9.96. The lowest BCUT2D eigenvalue weighted by Gasteiger charge is -2.30. The predicted octanol–water partition coefficient (Wildman–Crippen LogP) is 2.23. The van der Waals surface area contributed by atoms with Gasteiger partial charge >= 0.3 is 5.97 Å². The second kappa shape index (κ2) is 12.6. The summed E-state index contributed by atoms with van der Waals surface area (Å²) in [6.07, 6.45) is 3.16. The number of likely N-dealkylation sites (tertiary alicyclic amines) is 1. The fraction of sp³-hybridized carbons (Fsp3) is 0.393. The number of benzene rings is 1. The molecule has 2 aliphatic rings. The zero-order chi connectivity index (χ0) is 30.0. The van der Waals surface area contributed by atoms with Crippen LogP contribution < -0.4 is 16.4 Å². The van der Waals surface area contributed by atoms with Crippen molar-refractivity contribution >= 4 is 52.5 Å². The topological polar surface area (TPSA) is 158 Å². The molecular weight excluding hydrogens is 583 g/mol. The van der Waals surface area contributed by atoms with E-state index in [1.165, 1.54) is 0 Å². The normalized spacial score (nSPS) is 17.7. The van der Waals surface area contributed by atoms with Gasteiger partial charge in [-0.1, -0.05) is 36.2 Å². The Morgan fingerprint density at radius 2 is 2.02 bits per heavy atom. The van der Waals surface area contributed by atoms with Gasteiger partial charge in [0.25, 0.3) is 11.8 Å². The smallest absolute Gasteiger partial charge is 0.328 e. The second-order valence-corrected chi connectivity index (χ2v) is 11.3. The van der Waals surface area contributed by atoms with Crippen LogP contribution in [0.15, 0.2) is 41.5 Å². The van der Waals surface area contributed by atoms with E-state index in [1.54, 1.807) is 27.7 Å². The lowest BCUT2D eigenvalue weighted by molar-refractivity contribution is -0.139. The zero-order valence-electron chi connectivity index (χ0n) is 23.0. The summed E-state index contributed by atoms with van der Waals surface area (Å²) in [5.74, 6) is -1.19. The Kier molecular flexibility index (Phi) is 8.85. The Morgan fingerprint density at radius 1 is 1.21 bits per heavy atom. The highest BCUT2D eigenvalue weighted by molar-refractivity contribution is 6.40. The van der Waals surface area contributed by atoms with Gasteiger partial charge in [-0.2, -0.15) is 5.10 Å². The number of carbonyl (C=O) groups excluding carboxylic acids is 2. The average molecular weight is 616 g/mol. The Hall–Kier alpha value is -3.87. The van der Waals surface area contributed by atoms with E-state index in [9.17, 15) is 19.5 Å². The third kappa shape index (κ3) is 6.15. The summed E-state index contributed by atoms with van der Waals surface area (Å²) in [5, 5.41) is 20.0. The van der Waals surface area contributed by atoms with Crippen LogP contribution in [0.25, 0.3) is 5.52 Å². The van der Waals surface area contributed by atoms with Crippen LogP contribution in [-0.4, -0.2) is 87.2 Å². The standard InChI is InChI=1S/C28H32Cl2N8O4/c1-16-5-8-37(13-16)28(33-15-31)32-12-22(27(41)42)34-25(39)23-20(29)10-17-14-36(9-6-19(17)24(23)30)26(40)21-11-18-4-2-3-7-38(18)35-21/h2-4,7,10-11,16,22H,5-6,8-9,12-15,31H2,1H3,(H,32,33)(H,34,39)(H,41,42)/t16-,22-/m0/s1. The first-order chi connectivity index (χ1) is 20.2. The minimum absolute atomic E-state index is 0.00678. The molecule has 12 nitrogen and oxygen atoms in total. The first-order valence-corrected chi connectivity index (χ1v) is 14.4. The lowest BCUT2D eigenvalue weighted by Crippen LogP contribution is -2.51. The average Bonchev–Trinajstić information content (AvgIpc) is 3.60. The number of aliphatic carboxylic acids is 1. The van der Waals surface area contributed by atoms with Crippen LogP contribution in [0, 0.1) is 5.92 Å². The molecule has 0 radical (unpaired) electrons. The molecule has 0 unspecified atom stereocenters. The van der Waals surface area contributed by atoms with Crippen molar-refractivity contribution in [1.82, 2.24) is 30.0 Å². The molecule has 4 heterocycles. The van der Waals surface area contributed by atoms with E-state index in [0.717, 1.165) is 25.0 Å². The number of carboxylic acids is 1. The third-order valence-corrected chi connectivity index (χ3v) is 8.26. The largest absolute Gasteiger partial charge is 0.480 e. The van der Waals surface area contributed by atoms with Crippen LogP contribution in [0.1, 0.15) is 45.3 Å². The number of pyridine rings is 1. The first kappa shape index (κ1) is 29.6. The van der Waals surface area contributed by atoms with E-state index < -0.39 is 17.9 Å². The van der Waals surface area contributed by atoms with Crippen molar-refractivity contribution in [2.45, 2.75) is 32.4 Å². The molecule has 2 atom stereocenters. The highest BCUT2D eigenvalue weighted by Crippen LogP contribution is 2.35. The second-order valence-electron chi connectivity index (χ2n) is 10.5. The van der Waals surface area contributed by atoms with Crippen LogP contribution in [-0.2, 0) is 17.8 Å². The minimum atomic E-state index is -1.29. The molecule has 2 aromatic heterocycles. The van der Waals surface area contributed by atoms with Crippen molar-refractivity contribution in [3.05, 3.63) is 69.0 Å². The number of halogens is 2. The van der Waals surface area contributed by atoms with Crippen LogP contribution in [0.3, 0.4) is 0 Å². The summed E-state index contributed by atoms with van der Waals surface area (Å²) < 4.78 is 1.64. The van der Waals surface area contributed by atoms with Gasteiger partial charge in [0.05, 0.1) is 27.8 Å². The Morgan fingerprint density at radius 3 is 2.71 bits per heavy atom. The van der Waals surface area contributed by atoms with E-state index in [2.05, 4.69) is 27.6 Å². The molecule has 5 rings (SSSR count). The molecule has 0 bridgehead atoms. The number of hydrogen-bond acceptors (Lipinski definition) is 6. The van der Waals surface area contributed by atoms with Gasteiger partial charge in [0, 0.05) is 38.9 Å². The fourth-order valence-corrected chi connectivity index (χ4v) is 6.11. The van der Waals surface area contributed by atoms with Gasteiger partial charge in [0.2, 0.25) is 0 Å². The number of hydrogen-bond donors (Lipinski definition) is 4. The van der Waals surface area contributed by atoms with Crippen molar-refractivity contribution < 1.29 is 19.5 Å². The molecule has 0 spiro atoms. The Bertz CT molecular complexity index is 1530. The number of carbonyl (C=O) groups is 3. The SMILES string of the molecule is C[C@H]1CCN(/C(=N\CN)NC[C@H](NC(=O)c2c(Cl)cc3c(c2Cl)CCN(C(=O)c2cc4ccccn4n2)C3)C(=O)O)C1. The summed E-state index contributed by atoms with van der Waals surface area (Å²) in [6, 6.07) is 7.62. The number of rotatable bonds is 7. The van der Waals surface area contributed by atoms with Gasteiger partial charge < -0.3 is 31.3 Å². The minimum Gasteiger partial charge on any atom is -0.480 e. The van der Waals surface area contributed by atoms with E-state index in [4.69, 9.17) is 28.9 Å². The van der Waals surface area contributed by atoms with E-state index in [1.807, 2.05) is 23.1 Å². The summed E-state index contributed by atoms with van der Waals surface area (Å²) >= 11 is 13.2. The summed E-state index contributed by atoms with van der Waals surface area (Å²) in [5.41, 5.74) is 8.15. The number of aromatic nitrogens is 2. The monoisotopic (exact) mass is 614 g/mol. The molecule has 2 amide bonds. The van der Waals surface area contributed by atoms with Gasteiger partial charge in [-0.15, -0.1) is 0 Å². The maximum absolute atomic E-state index is 13.3.